The number of carboxylic acid groups (broad SMARTS) is 1. The maximum atomic E-state index is 13.1. The van der Waals surface area contributed by atoms with Crippen molar-refractivity contribution in [3.05, 3.63) is 95.8 Å². The number of allylic oxidation sites excluding steroid dienone is 1. The van der Waals surface area contributed by atoms with Crippen molar-refractivity contribution in [1.29, 1.82) is 0 Å². The van der Waals surface area contributed by atoms with E-state index in [0.717, 1.165) is 27.8 Å². The summed E-state index contributed by atoms with van der Waals surface area (Å²) in [4.78, 5) is 11.2. The van der Waals surface area contributed by atoms with Gasteiger partial charge in [-0.25, -0.2) is 9.18 Å². The van der Waals surface area contributed by atoms with Crippen molar-refractivity contribution in [2.45, 2.75) is 26.4 Å². The van der Waals surface area contributed by atoms with E-state index >= 15 is 0 Å². The van der Waals surface area contributed by atoms with Crippen molar-refractivity contribution in [2.75, 3.05) is 13.2 Å². The Balaban J connectivity index is 1.55. The molecule has 5 heteroatoms. The summed E-state index contributed by atoms with van der Waals surface area (Å²) in [7, 11) is 0. The lowest BCUT2D eigenvalue weighted by Gasteiger charge is -2.12. The monoisotopic (exact) mass is 434 g/mol. The topological polar surface area (TPSA) is 55.8 Å². The number of benzene rings is 3. The first-order valence-corrected chi connectivity index (χ1v) is 10.6. The standard InChI is InChI=1S/C27H27FO4/c1-3-31-26(27(29)30)18-20-4-14-25(15-5-20)32-17-16-19(2)21-6-8-22(9-7-21)23-10-12-24(28)13-11-23/h4-16,26H,3,17-18H2,1-2H3,(H,29,30). The largest absolute Gasteiger partial charge is 0.490 e. The second-order valence-corrected chi connectivity index (χ2v) is 7.41. The van der Waals surface area contributed by atoms with Crippen LogP contribution in [0, 0.1) is 5.82 Å². The van der Waals surface area contributed by atoms with Crippen LogP contribution in [0.25, 0.3) is 16.7 Å². The van der Waals surface area contributed by atoms with Crippen LogP contribution in [0.1, 0.15) is 25.0 Å². The Labute approximate surface area is 187 Å². The summed E-state index contributed by atoms with van der Waals surface area (Å²) in [5.41, 5.74) is 5.07. The van der Waals surface area contributed by atoms with Crippen LogP contribution in [0.2, 0.25) is 0 Å². The molecule has 0 saturated carbocycles. The lowest BCUT2D eigenvalue weighted by Crippen LogP contribution is -2.26. The molecule has 3 aromatic rings. The maximum absolute atomic E-state index is 13.1. The van der Waals surface area contributed by atoms with Crippen LogP contribution >= 0.6 is 0 Å². The van der Waals surface area contributed by atoms with E-state index in [1.54, 1.807) is 19.1 Å². The molecule has 32 heavy (non-hydrogen) atoms. The summed E-state index contributed by atoms with van der Waals surface area (Å²) in [5, 5.41) is 9.20. The van der Waals surface area contributed by atoms with E-state index in [9.17, 15) is 14.3 Å². The number of hydrogen-bond donors (Lipinski definition) is 1. The number of ether oxygens (including phenoxy) is 2. The van der Waals surface area contributed by atoms with Crippen molar-refractivity contribution in [2.24, 2.45) is 0 Å². The van der Waals surface area contributed by atoms with E-state index in [0.29, 0.717) is 25.4 Å². The Morgan fingerprint density at radius 3 is 2.12 bits per heavy atom. The summed E-state index contributed by atoms with van der Waals surface area (Å²) in [6, 6.07) is 22.0. The van der Waals surface area contributed by atoms with Crippen molar-refractivity contribution in [1.82, 2.24) is 0 Å². The van der Waals surface area contributed by atoms with Gasteiger partial charge in [0.25, 0.3) is 0 Å². The zero-order valence-electron chi connectivity index (χ0n) is 18.3. The normalized spacial score (nSPS) is 12.4. The van der Waals surface area contributed by atoms with Gasteiger partial charge < -0.3 is 14.6 Å². The fourth-order valence-electron chi connectivity index (χ4n) is 3.30. The van der Waals surface area contributed by atoms with Crippen LogP contribution in [-0.2, 0) is 16.0 Å². The van der Waals surface area contributed by atoms with Gasteiger partial charge in [-0.15, -0.1) is 0 Å². The van der Waals surface area contributed by atoms with Crippen LogP contribution in [0.4, 0.5) is 4.39 Å². The smallest absolute Gasteiger partial charge is 0.333 e. The number of rotatable bonds is 10. The first-order valence-electron chi connectivity index (χ1n) is 10.6. The molecule has 0 amide bonds. The lowest BCUT2D eigenvalue weighted by molar-refractivity contribution is -0.149. The molecule has 0 radical (unpaired) electrons. The number of hydrogen-bond acceptors (Lipinski definition) is 3. The molecular formula is C27H27FO4. The highest BCUT2D eigenvalue weighted by Gasteiger charge is 2.17. The Hall–Kier alpha value is -3.44. The minimum atomic E-state index is -0.960. The number of carboxylic acids is 1. The van der Waals surface area contributed by atoms with E-state index in [-0.39, 0.29) is 5.82 Å². The number of aliphatic carboxylic acids is 1. The quantitative estimate of drug-likeness (QED) is 0.425. The van der Waals surface area contributed by atoms with E-state index < -0.39 is 12.1 Å². The molecule has 0 aliphatic carbocycles. The molecule has 0 fully saturated rings. The van der Waals surface area contributed by atoms with Gasteiger partial charge in [-0.05, 0) is 72.0 Å². The molecule has 0 heterocycles. The molecule has 3 aromatic carbocycles. The van der Waals surface area contributed by atoms with Crippen LogP contribution in [0.5, 0.6) is 5.75 Å². The Morgan fingerprint density at radius 1 is 0.969 bits per heavy atom. The highest BCUT2D eigenvalue weighted by molar-refractivity contribution is 5.72. The van der Waals surface area contributed by atoms with Gasteiger partial charge in [-0.1, -0.05) is 48.5 Å². The fourth-order valence-corrected chi connectivity index (χ4v) is 3.30. The molecule has 166 valence electrons. The molecule has 0 bridgehead atoms. The predicted octanol–water partition coefficient (Wildman–Crippen LogP) is 6.01. The second-order valence-electron chi connectivity index (χ2n) is 7.41. The molecule has 0 saturated heterocycles. The summed E-state index contributed by atoms with van der Waals surface area (Å²) in [6.07, 6.45) is 1.49. The molecule has 1 N–H and O–H groups in total. The van der Waals surface area contributed by atoms with Gasteiger partial charge in [0.05, 0.1) is 0 Å². The minimum Gasteiger partial charge on any atom is -0.490 e. The fraction of sp³-hybridized carbons (Fsp3) is 0.222. The Morgan fingerprint density at radius 2 is 1.56 bits per heavy atom. The molecule has 3 rings (SSSR count). The highest BCUT2D eigenvalue weighted by Crippen LogP contribution is 2.23. The Kier molecular flexibility index (Phi) is 8.17. The summed E-state index contributed by atoms with van der Waals surface area (Å²) in [6.45, 7) is 4.59. The third-order valence-corrected chi connectivity index (χ3v) is 5.15. The van der Waals surface area contributed by atoms with E-state index in [1.807, 2.05) is 61.5 Å². The van der Waals surface area contributed by atoms with E-state index in [2.05, 4.69) is 0 Å². The van der Waals surface area contributed by atoms with E-state index in [4.69, 9.17) is 9.47 Å². The number of carbonyl (C=O) groups is 1. The first-order chi connectivity index (χ1) is 15.5. The lowest BCUT2D eigenvalue weighted by atomic mass is 10.0. The molecule has 4 nitrogen and oxygen atoms in total. The van der Waals surface area contributed by atoms with Gasteiger partial charge in [-0.3, -0.25) is 0 Å². The van der Waals surface area contributed by atoms with Crippen LogP contribution in [0.3, 0.4) is 0 Å². The summed E-state index contributed by atoms with van der Waals surface area (Å²) >= 11 is 0. The van der Waals surface area contributed by atoms with Crippen molar-refractivity contribution in [3.63, 3.8) is 0 Å². The third kappa shape index (κ3) is 6.53. The zero-order valence-corrected chi connectivity index (χ0v) is 18.3. The van der Waals surface area contributed by atoms with Gasteiger partial charge in [0.1, 0.15) is 18.2 Å². The molecule has 0 spiro atoms. The molecular weight excluding hydrogens is 407 g/mol. The first kappa shape index (κ1) is 23.2. The SMILES string of the molecule is CCOC(Cc1ccc(OCC=C(C)c2ccc(-c3ccc(F)cc3)cc2)cc1)C(=O)O. The molecule has 1 atom stereocenters. The number of halogens is 1. The Bertz CT molecular complexity index is 1040. The molecule has 0 aliphatic rings. The van der Waals surface area contributed by atoms with Crippen molar-refractivity contribution in [3.8, 4) is 16.9 Å². The minimum absolute atomic E-state index is 0.242. The van der Waals surface area contributed by atoms with Gasteiger partial charge in [0, 0.05) is 13.0 Å². The van der Waals surface area contributed by atoms with Crippen LogP contribution < -0.4 is 4.74 Å². The highest BCUT2D eigenvalue weighted by atomic mass is 19.1. The van der Waals surface area contributed by atoms with Gasteiger partial charge in [0.2, 0.25) is 0 Å². The van der Waals surface area contributed by atoms with E-state index in [1.165, 1.54) is 12.1 Å². The average Bonchev–Trinajstić information content (AvgIpc) is 2.80. The van der Waals surface area contributed by atoms with Gasteiger partial charge in [0.15, 0.2) is 6.10 Å². The van der Waals surface area contributed by atoms with Crippen LogP contribution in [-0.4, -0.2) is 30.4 Å². The summed E-state index contributed by atoms with van der Waals surface area (Å²) < 4.78 is 24.1. The van der Waals surface area contributed by atoms with Crippen LogP contribution in [0.15, 0.2) is 78.9 Å². The van der Waals surface area contributed by atoms with Crippen molar-refractivity contribution >= 4 is 11.5 Å². The molecule has 0 aromatic heterocycles. The summed E-state index contributed by atoms with van der Waals surface area (Å²) in [5.74, 6) is -0.486. The predicted molar refractivity (Wildman–Crippen MR) is 124 cm³/mol. The third-order valence-electron chi connectivity index (χ3n) is 5.15. The maximum Gasteiger partial charge on any atom is 0.333 e. The molecule has 0 aliphatic heterocycles. The van der Waals surface area contributed by atoms with Crippen molar-refractivity contribution < 1.29 is 23.8 Å². The molecule has 1 unspecified atom stereocenters. The second kappa shape index (κ2) is 11.3. The average molecular weight is 435 g/mol. The van der Waals surface area contributed by atoms with Gasteiger partial charge in [-0.2, -0.15) is 0 Å². The van der Waals surface area contributed by atoms with Gasteiger partial charge >= 0.3 is 5.97 Å². The zero-order chi connectivity index (χ0) is 22.9.